The summed E-state index contributed by atoms with van der Waals surface area (Å²) >= 11 is 6.02. The minimum absolute atomic E-state index is 0.705. The van der Waals surface area contributed by atoms with Crippen LogP contribution >= 0.6 is 11.6 Å². The predicted octanol–water partition coefficient (Wildman–Crippen LogP) is 4.19. The van der Waals surface area contributed by atoms with Crippen LogP contribution in [-0.2, 0) is 0 Å². The molecular formula is C12H18ClN. The lowest BCUT2D eigenvalue weighted by atomic mass is 10.1. The normalized spacial score (nSPS) is 12.5. The molecule has 0 saturated heterocycles. The molecule has 1 rings (SSSR count). The minimum atomic E-state index is 0.705. The fourth-order valence-corrected chi connectivity index (χ4v) is 1.69. The van der Waals surface area contributed by atoms with E-state index < -0.39 is 0 Å². The van der Waals surface area contributed by atoms with Crippen LogP contribution in [0.5, 0.6) is 0 Å². The van der Waals surface area contributed by atoms with Crippen molar-refractivity contribution in [1.29, 1.82) is 0 Å². The summed E-state index contributed by atoms with van der Waals surface area (Å²) in [7, 11) is 0. The lowest BCUT2D eigenvalue weighted by Gasteiger charge is -2.13. The maximum absolute atomic E-state index is 6.02. The van der Waals surface area contributed by atoms with Crippen LogP contribution in [0, 0.1) is 5.92 Å². The van der Waals surface area contributed by atoms with Crippen LogP contribution in [0.15, 0.2) is 24.3 Å². The Morgan fingerprint density at radius 2 is 2.07 bits per heavy atom. The molecule has 1 atom stereocenters. The number of hydrogen-bond acceptors (Lipinski definition) is 1. The Bertz CT molecular complexity index is 273. The lowest BCUT2D eigenvalue weighted by Crippen LogP contribution is -2.11. The number of hydrogen-bond donors (Lipinski definition) is 1. The molecule has 14 heavy (non-hydrogen) atoms. The molecule has 0 aromatic heterocycles. The molecule has 1 N–H and O–H groups in total. The second-order valence-corrected chi connectivity index (χ2v) is 4.16. The molecule has 0 bridgehead atoms. The SMILES string of the molecule is CCCC(C)CNc1ccccc1Cl. The van der Waals surface area contributed by atoms with Gasteiger partial charge in [-0.25, -0.2) is 0 Å². The summed E-state index contributed by atoms with van der Waals surface area (Å²) < 4.78 is 0. The van der Waals surface area contributed by atoms with E-state index in [0.29, 0.717) is 5.92 Å². The van der Waals surface area contributed by atoms with Crippen molar-refractivity contribution in [3.63, 3.8) is 0 Å². The second kappa shape index (κ2) is 5.92. The van der Waals surface area contributed by atoms with E-state index >= 15 is 0 Å². The van der Waals surface area contributed by atoms with Crippen molar-refractivity contribution in [3.05, 3.63) is 29.3 Å². The van der Waals surface area contributed by atoms with E-state index in [0.717, 1.165) is 17.3 Å². The third kappa shape index (κ3) is 3.59. The zero-order chi connectivity index (χ0) is 10.4. The van der Waals surface area contributed by atoms with Crippen LogP contribution in [0.4, 0.5) is 5.69 Å². The molecule has 0 spiro atoms. The average molecular weight is 212 g/mol. The predicted molar refractivity (Wildman–Crippen MR) is 64.0 cm³/mol. The molecule has 0 aliphatic heterocycles. The molecule has 0 fully saturated rings. The van der Waals surface area contributed by atoms with Crippen molar-refractivity contribution in [1.82, 2.24) is 0 Å². The lowest BCUT2D eigenvalue weighted by molar-refractivity contribution is 0.551. The minimum Gasteiger partial charge on any atom is -0.384 e. The molecule has 0 heterocycles. The Labute approximate surface area is 91.5 Å². The van der Waals surface area contributed by atoms with Gasteiger partial charge in [0.2, 0.25) is 0 Å². The summed E-state index contributed by atoms with van der Waals surface area (Å²) in [5.74, 6) is 0.705. The first-order valence-electron chi connectivity index (χ1n) is 5.22. The van der Waals surface area contributed by atoms with Gasteiger partial charge in [0, 0.05) is 6.54 Å². The average Bonchev–Trinajstić information content (AvgIpc) is 2.17. The first-order valence-corrected chi connectivity index (χ1v) is 5.60. The van der Waals surface area contributed by atoms with Gasteiger partial charge in [-0.1, -0.05) is 44.0 Å². The van der Waals surface area contributed by atoms with Crippen LogP contribution in [0.1, 0.15) is 26.7 Å². The fourth-order valence-electron chi connectivity index (χ4n) is 1.48. The van der Waals surface area contributed by atoms with Gasteiger partial charge in [-0.05, 0) is 24.5 Å². The Balaban J connectivity index is 2.41. The highest BCUT2D eigenvalue weighted by Gasteiger charge is 2.02. The van der Waals surface area contributed by atoms with Crippen LogP contribution < -0.4 is 5.32 Å². The van der Waals surface area contributed by atoms with E-state index in [4.69, 9.17) is 11.6 Å². The summed E-state index contributed by atoms with van der Waals surface area (Å²) in [5.41, 5.74) is 1.04. The Morgan fingerprint density at radius 1 is 1.36 bits per heavy atom. The third-order valence-electron chi connectivity index (χ3n) is 2.30. The van der Waals surface area contributed by atoms with Crippen molar-refractivity contribution in [3.8, 4) is 0 Å². The Morgan fingerprint density at radius 3 is 2.71 bits per heavy atom. The van der Waals surface area contributed by atoms with Gasteiger partial charge in [0.1, 0.15) is 0 Å². The number of benzene rings is 1. The maximum Gasteiger partial charge on any atom is 0.0637 e. The number of para-hydroxylation sites is 1. The summed E-state index contributed by atoms with van der Waals surface area (Å²) in [6.07, 6.45) is 2.50. The largest absolute Gasteiger partial charge is 0.384 e. The zero-order valence-corrected chi connectivity index (χ0v) is 9.64. The summed E-state index contributed by atoms with van der Waals surface area (Å²) in [6.45, 7) is 5.47. The van der Waals surface area contributed by atoms with Gasteiger partial charge in [-0.2, -0.15) is 0 Å². The van der Waals surface area contributed by atoms with Gasteiger partial charge in [0.15, 0.2) is 0 Å². The monoisotopic (exact) mass is 211 g/mol. The van der Waals surface area contributed by atoms with Gasteiger partial charge in [0.25, 0.3) is 0 Å². The molecule has 0 aliphatic rings. The van der Waals surface area contributed by atoms with Crippen LogP contribution in [0.25, 0.3) is 0 Å². The molecular weight excluding hydrogens is 194 g/mol. The number of rotatable bonds is 5. The quantitative estimate of drug-likeness (QED) is 0.770. The molecule has 2 heteroatoms. The topological polar surface area (TPSA) is 12.0 Å². The molecule has 0 amide bonds. The highest BCUT2D eigenvalue weighted by atomic mass is 35.5. The van der Waals surface area contributed by atoms with E-state index in [9.17, 15) is 0 Å². The van der Waals surface area contributed by atoms with E-state index in [1.807, 2.05) is 24.3 Å². The fraction of sp³-hybridized carbons (Fsp3) is 0.500. The molecule has 1 aromatic carbocycles. The van der Waals surface area contributed by atoms with E-state index in [1.54, 1.807) is 0 Å². The number of anilines is 1. The van der Waals surface area contributed by atoms with Gasteiger partial charge < -0.3 is 5.32 Å². The molecule has 0 saturated carbocycles. The van der Waals surface area contributed by atoms with Crippen LogP contribution in [0.3, 0.4) is 0 Å². The smallest absolute Gasteiger partial charge is 0.0637 e. The van der Waals surface area contributed by atoms with Crippen LogP contribution in [-0.4, -0.2) is 6.54 Å². The van der Waals surface area contributed by atoms with Crippen molar-refractivity contribution >= 4 is 17.3 Å². The van der Waals surface area contributed by atoms with Crippen molar-refractivity contribution in [2.45, 2.75) is 26.7 Å². The first-order chi connectivity index (χ1) is 6.74. The zero-order valence-electron chi connectivity index (χ0n) is 8.89. The highest BCUT2D eigenvalue weighted by Crippen LogP contribution is 2.20. The Kier molecular flexibility index (Phi) is 4.81. The van der Waals surface area contributed by atoms with Gasteiger partial charge >= 0.3 is 0 Å². The van der Waals surface area contributed by atoms with E-state index in [2.05, 4.69) is 19.2 Å². The van der Waals surface area contributed by atoms with Crippen LogP contribution in [0.2, 0.25) is 5.02 Å². The van der Waals surface area contributed by atoms with Gasteiger partial charge in [-0.15, -0.1) is 0 Å². The number of nitrogens with one attached hydrogen (secondary N) is 1. The molecule has 1 nitrogen and oxygen atoms in total. The standard InChI is InChI=1S/C12H18ClN/c1-3-6-10(2)9-14-12-8-5-4-7-11(12)13/h4-5,7-8,10,14H,3,6,9H2,1-2H3. The third-order valence-corrected chi connectivity index (χ3v) is 2.63. The van der Waals surface area contributed by atoms with Gasteiger partial charge in [0.05, 0.1) is 10.7 Å². The maximum atomic E-state index is 6.02. The highest BCUT2D eigenvalue weighted by molar-refractivity contribution is 6.33. The molecule has 1 unspecified atom stereocenters. The van der Waals surface area contributed by atoms with E-state index in [1.165, 1.54) is 12.8 Å². The molecule has 78 valence electrons. The second-order valence-electron chi connectivity index (χ2n) is 3.75. The molecule has 1 aromatic rings. The summed E-state index contributed by atoms with van der Waals surface area (Å²) in [4.78, 5) is 0. The molecule has 0 radical (unpaired) electrons. The van der Waals surface area contributed by atoms with Gasteiger partial charge in [-0.3, -0.25) is 0 Å². The summed E-state index contributed by atoms with van der Waals surface area (Å²) in [6, 6.07) is 7.87. The Hall–Kier alpha value is -0.690. The first kappa shape index (κ1) is 11.4. The summed E-state index contributed by atoms with van der Waals surface area (Å²) in [5, 5.41) is 4.17. The van der Waals surface area contributed by atoms with Crippen molar-refractivity contribution in [2.75, 3.05) is 11.9 Å². The number of halogens is 1. The van der Waals surface area contributed by atoms with Crippen molar-refractivity contribution in [2.24, 2.45) is 5.92 Å². The van der Waals surface area contributed by atoms with E-state index in [-0.39, 0.29) is 0 Å². The molecule has 0 aliphatic carbocycles. The van der Waals surface area contributed by atoms with Crippen molar-refractivity contribution < 1.29 is 0 Å².